The molecule has 1 unspecified atom stereocenters. The van der Waals surface area contributed by atoms with Crippen LogP contribution in [0.4, 0.5) is 4.79 Å². The van der Waals surface area contributed by atoms with Gasteiger partial charge in [0.15, 0.2) is 0 Å². The highest BCUT2D eigenvalue weighted by molar-refractivity contribution is 5.75. The second kappa shape index (κ2) is 6.28. The third-order valence-corrected chi connectivity index (χ3v) is 3.90. The van der Waals surface area contributed by atoms with Crippen LogP contribution < -0.4 is 10.1 Å². The van der Waals surface area contributed by atoms with E-state index in [4.69, 9.17) is 9.26 Å². The lowest BCUT2D eigenvalue weighted by atomic mass is 10.2. The predicted octanol–water partition coefficient (Wildman–Crippen LogP) is 2.61. The SMILES string of the molecule is COc1cccc(-c2noc(C(C)NC(=O)N(C)C3CC3)n2)c1. The molecular weight excluding hydrogens is 296 g/mol. The molecule has 1 aromatic heterocycles. The van der Waals surface area contributed by atoms with E-state index in [1.54, 1.807) is 19.1 Å². The van der Waals surface area contributed by atoms with E-state index in [1.165, 1.54) is 0 Å². The van der Waals surface area contributed by atoms with Gasteiger partial charge in [0.2, 0.25) is 11.7 Å². The van der Waals surface area contributed by atoms with E-state index in [0.717, 1.165) is 24.2 Å². The van der Waals surface area contributed by atoms with Crippen molar-refractivity contribution in [1.29, 1.82) is 0 Å². The average Bonchev–Trinajstić information content (AvgIpc) is 3.30. The molecule has 1 saturated carbocycles. The normalized spacial score (nSPS) is 15.1. The summed E-state index contributed by atoms with van der Waals surface area (Å²) in [7, 11) is 3.41. The Balaban J connectivity index is 1.69. The van der Waals surface area contributed by atoms with E-state index in [1.807, 2.05) is 31.2 Å². The molecule has 0 saturated heterocycles. The zero-order valence-electron chi connectivity index (χ0n) is 13.4. The van der Waals surface area contributed by atoms with E-state index >= 15 is 0 Å². The molecular formula is C16H20N4O3. The molecule has 23 heavy (non-hydrogen) atoms. The monoisotopic (exact) mass is 316 g/mol. The summed E-state index contributed by atoms with van der Waals surface area (Å²) in [5, 5.41) is 6.85. The van der Waals surface area contributed by atoms with Gasteiger partial charge in [0.1, 0.15) is 11.8 Å². The summed E-state index contributed by atoms with van der Waals surface area (Å²) in [6.07, 6.45) is 2.14. The number of carbonyl (C=O) groups is 1. The molecule has 1 aliphatic rings. The minimum absolute atomic E-state index is 0.124. The Morgan fingerprint density at radius 3 is 2.96 bits per heavy atom. The quantitative estimate of drug-likeness (QED) is 0.917. The number of amides is 2. The number of hydrogen-bond acceptors (Lipinski definition) is 5. The minimum atomic E-state index is -0.351. The molecule has 1 heterocycles. The van der Waals surface area contributed by atoms with Crippen molar-refractivity contribution in [3.8, 4) is 17.1 Å². The van der Waals surface area contributed by atoms with Crippen molar-refractivity contribution < 1.29 is 14.1 Å². The number of hydrogen-bond donors (Lipinski definition) is 1. The summed E-state index contributed by atoms with van der Waals surface area (Å²) in [6.45, 7) is 1.82. The molecule has 0 aliphatic heterocycles. The smallest absolute Gasteiger partial charge is 0.318 e. The number of rotatable bonds is 5. The van der Waals surface area contributed by atoms with Gasteiger partial charge in [0, 0.05) is 18.7 Å². The van der Waals surface area contributed by atoms with Crippen molar-refractivity contribution in [3.05, 3.63) is 30.2 Å². The molecule has 1 atom stereocenters. The maximum Gasteiger partial charge on any atom is 0.318 e. The summed E-state index contributed by atoms with van der Waals surface area (Å²) in [5.74, 6) is 1.57. The van der Waals surface area contributed by atoms with Crippen LogP contribution in [0.5, 0.6) is 5.75 Å². The minimum Gasteiger partial charge on any atom is -0.497 e. The van der Waals surface area contributed by atoms with Crippen molar-refractivity contribution in [2.75, 3.05) is 14.2 Å². The van der Waals surface area contributed by atoms with Gasteiger partial charge in [-0.3, -0.25) is 0 Å². The summed E-state index contributed by atoms with van der Waals surface area (Å²) >= 11 is 0. The fraction of sp³-hybridized carbons (Fsp3) is 0.438. The number of methoxy groups -OCH3 is 1. The first kappa shape index (κ1) is 15.3. The zero-order valence-corrected chi connectivity index (χ0v) is 13.4. The fourth-order valence-electron chi connectivity index (χ4n) is 2.27. The number of aromatic nitrogens is 2. The van der Waals surface area contributed by atoms with Crippen molar-refractivity contribution in [2.45, 2.75) is 31.8 Å². The first-order valence-corrected chi connectivity index (χ1v) is 7.60. The Kier molecular flexibility index (Phi) is 4.18. The number of ether oxygens (including phenoxy) is 1. The van der Waals surface area contributed by atoms with Crippen LogP contribution in [0.25, 0.3) is 11.4 Å². The van der Waals surface area contributed by atoms with Crippen molar-refractivity contribution >= 4 is 6.03 Å². The molecule has 7 nitrogen and oxygen atoms in total. The molecule has 0 spiro atoms. The van der Waals surface area contributed by atoms with Crippen LogP contribution in [-0.4, -0.2) is 41.3 Å². The molecule has 1 fully saturated rings. The van der Waals surface area contributed by atoms with Crippen LogP contribution >= 0.6 is 0 Å². The van der Waals surface area contributed by atoms with E-state index < -0.39 is 0 Å². The molecule has 2 aromatic rings. The lowest BCUT2D eigenvalue weighted by Crippen LogP contribution is -2.39. The first-order valence-electron chi connectivity index (χ1n) is 7.60. The second-order valence-electron chi connectivity index (χ2n) is 5.70. The van der Waals surface area contributed by atoms with Gasteiger partial charge in [-0.15, -0.1) is 0 Å². The predicted molar refractivity (Wildman–Crippen MR) is 84.0 cm³/mol. The Labute approximate surface area is 134 Å². The number of benzene rings is 1. The van der Waals surface area contributed by atoms with Crippen molar-refractivity contribution in [2.24, 2.45) is 0 Å². The van der Waals surface area contributed by atoms with Crippen LogP contribution in [0, 0.1) is 0 Å². The van der Waals surface area contributed by atoms with Crippen molar-refractivity contribution in [1.82, 2.24) is 20.4 Å². The standard InChI is InChI=1S/C16H20N4O3/c1-10(17-16(21)20(2)12-7-8-12)15-18-14(19-23-15)11-5-4-6-13(9-11)22-3/h4-6,9-10,12H,7-8H2,1-3H3,(H,17,21). The molecule has 122 valence electrons. The molecule has 0 bridgehead atoms. The van der Waals surface area contributed by atoms with Gasteiger partial charge in [0.25, 0.3) is 0 Å². The van der Waals surface area contributed by atoms with Crippen LogP contribution in [0.2, 0.25) is 0 Å². The largest absolute Gasteiger partial charge is 0.497 e. The lowest BCUT2D eigenvalue weighted by molar-refractivity contribution is 0.200. The van der Waals surface area contributed by atoms with Gasteiger partial charge in [-0.05, 0) is 31.9 Å². The fourth-order valence-corrected chi connectivity index (χ4v) is 2.27. The Morgan fingerprint density at radius 2 is 2.26 bits per heavy atom. The second-order valence-corrected chi connectivity index (χ2v) is 5.70. The molecule has 2 amide bonds. The number of nitrogens with one attached hydrogen (secondary N) is 1. The van der Waals surface area contributed by atoms with E-state index in [2.05, 4.69) is 15.5 Å². The highest BCUT2D eigenvalue weighted by Gasteiger charge is 2.30. The third-order valence-electron chi connectivity index (χ3n) is 3.90. The molecule has 3 rings (SSSR count). The molecule has 1 aliphatic carbocycles. The van der Waals surface area contributed by atoms with Gasteiger partial charge in [0.05, 0.1) is 7.11 Å². The summed E-state index contributed by atoms with van der Waals surface area (Å²) in [4.78, 5) is 18.2. The van der Waals surface area contributed by atoms with Gasteiger partial charge in [-0.1, -0.05) is 17.3 Å². The zero-order chi connectivity index (χ0) is 16.4. The van der Waals surface area contributed by atoms with Gasteiger partial charge >= 0.3 is 6.03 Å². The maximum absolute atomic E-state index is 12.1. The maximum atomic E-state index is 12.1. The highest BCUT2D eigenvalue weighted by atomic mass is 16.5. The average molecular weight is 316 g/mol. The first-order chi connectivity index (χ1) is 11.1. The van der Waals surface area contributed by atoms with Crippen LogP contribution in [0.3, 0.4) is 0 Å². The molecule has 1 N–H and O–H groups in total. The van der Waals surface area contributed by atoms with Crippen LogP contribution in [0.15, 0.2) is 28.8 Å². The van der Waals surface area contributed by atoms with Crippen LogP contribution in [-0.2, 0) is 0 Å². The Morgan fingerprint density at radius 1 is 1.48 bits per heavy atom. The number of urea groups is 1. The third kappa shape index (κ3) is 3.44. The highest BCUT2D eigenvalue weighted by Crippen LogP contribution is 2.26. The number of nitrogens with zero attached hydrogens (tertiary/aromatic N) is 3. The Hall–Kier alpha value is -2.57. The van der Waals surface area contributed by atoms with E-state index in [9.17, 15) is 4.79 Å². The molecule has 0 radical (unpaired) electrons. The topological polar surface area (TPSA) is 80.5 Å². The molecule has 1 aromatic carbocycles. The Bertz CT molecular complexity index is 696. The van der Waals surface area contributed by atoms with Gasteiger partial charge < -0.3 is 19.5 Å². The van der Waals surface area contributed by atoms with Gasteiger partial charge in [-0.25, -0.2) is 4.79 Å². The summed E-state index contributed by atoms with van der Waals surface area (Å²) in [5.41, 5.74) is 0.799. The number of carbonyl (C=O) groups excluding carboxylic acids is 1. The van der Waals surface area contributed by atoms with Crippen molar-refractivity contribution in [3.63, 3.8) is 0 Å². The lowest BCUT2D eigenvalue weighted by Gasteiger charge is -2.19. The van der Waals surface area contributed by atoms with Gasteiger partial charge in [-0.2, -0.15) is 4.98 Å². The summed E-state index contributed by atoms with van der Waals surface area (Å²) < 4.78 is 10.5. The summed E-state index contributed by atoms with van der Waals surface area (Å²) in [6, 6.07) is 7.30. The van der Waals surface area contributed by atoms with Crippen LogP contribution in [0.1, 0.15) is 31.7 Å². The van der Waals surface area contributed by atoms with E-state index in [-0.39, 0.29) is 12.1 Å². The molecule has 7 heteroatoms. The van der Waals surface area contributed by atoms with E-state index in [0.29, 0.717) is 17.8 Å².